The number of nitrogens with zero attached hydrogens (tertiary/aromatic N) is 1. The molecule has 0 N–H and O–H groups in total. The second-order valence-corrected chi connectivity index (χ2v) is 3.09. The predicted molar refractivity (Wildman–Crippen MR) is 46.7 cm³/mol. The van der Waals surface area contributed by atoms with Gasteiger partial charge < -0.3 is 4.85 Å². The molecule has 0 amide bonds. The monoisotopic (exact) mass is 235 g/mol. The van der Waals surface area contributed by atoms with E-state index in [2.05, 4.69) is 4.85 Å². The highest BCUT2D eigenvalue weighted by molar-refractivity contribution is 5.28. The molecular weight excluding hydrogens is 229 g/mol. The number of hydrogen-bond donors (Lipinski definition) is 0. The number of alkyl halides is 5. The van der Waals surface area contributed by atoms with Crippen LogP contribution in [0.15, 0.2) is 24.3 Å². The molecule has 0 aromatic heterocycles. The van der Waals surface area contributed by atoms with Crippen LogP contribution in [-0.4, -0.2) is 6.18 Å². The minimum Gasteiger partial charge on any atom is -0.312 e. The molecule has 86 valence electrons. The number of rotatable bonds is 2. The van der Waals surface area contributed by atoms with Gasteiger partial charge in [0, 0.05) is 11.1 Å². The first-order valence-electron chi connectivity index (χ1n) is 4.16. The molecule has 6 heteroatoms. The fourth-order valence-electron chi connectivity index (χ4n) is 1.12. The van der Waals surface area contributed by atoms with Crippen LogP contribution in [-0.2, 0) is 12.5 Å². The van der Waals surface area contributed by atoms with E-state index in [-0.39, 0.29) is 12.1 Å². The van der Waals surface area contributed by atoms with Gasteiger partial charge in [0.2, 0.25) is 6.54 Å². The highest BCUT2D eigenvalue weighted by Gasteiger charge is 2.58. The minimum absolute atomic E-state index is 0.136. The third kappa shape index (κ3) is 2.30. The van der Waals surface area contributed by atoms with E-state index in [0.29, 0.717) is 12.1 Å². The normalized spacial score (nSPS) is 12.2. The highest BCUT2D eigenvalue weighted by atomic mass is 19.4. The molecule has 0 fully saturated rings. The third-order valence-corrected chi connectivity index (χ3v) is 1.91. The molecule has 0 bridgehead atoms. The van der Waals surface area contributed by atoms with Crippen molar-refractivity contribution >= 4 is 0 Å². The van der Waals surface area contributed by atoms with Gasteiger partial charge in [0.25, 0.3) is 0 Å². The molecular formula is C10H6F5N. The van der Waals surface area contributed by atoms with Gasteiger partial charge in [0.1, 0.15) is 0 Å². The molecule has 0 aliphatic carbocycles. The molecule has 1 aromatic carbocycles. The van der Waals surface area contributed by atoms with Gasteiger partial charge in [-0.25, -0.2) is 6.57 Å². The Balaban J connectivity index is 3.14. The summed E-state index contributed by atoms with van der Waals surface area (Å²) in [5.74, 6) is -4.88. The molecule has 0 radical (unpaired) electrons. The summed E-state index contributed by atoms with van der Waals surface area (Å²) in [6.07, 6.45) is -5.62. The first-order chi connectivity index (χ1) is 7.29. The van der Waals surface area contributed by atoms with Crippen LogP contribution in [0.2, 0.25) is 0 Å². The summed E-state index contributed by atoms with van der Waals surface area (Å²) in [5.41, 5.74) is -1.00. The summed E-state index contributed by atoms with van der Waals surface area (Å²) in [6, 6.07) is 3.80. The maximum atomic E-state index is 12.9. The molecule has 1 aromatic rings. The van der Waals surface area contributed by atoms with E-state index in [4.69, 9.17) is 6.57 Å². The van der Waals surface area contributed by atoms with Gasteiger partial charge in [-0.05, 0) is 6.07 Å². The third-order valence-electron chi connectivity index (χ3n) is 1.91. The molecule has 1 nitrogen and oxygen atoms in total. The van der Waals surface area contributed by atoms with Crippen molar-refractivity contribution in [3.05, 3.63) is 46.8 Å². The lowest BCUT2D eigenvalue weighted by Crippen LogP contribution is -2.33. The Bertz CT molecular complexity index is 416. The van der Waals surface area contributed by atoms with Gasteiger partial charge >= 0.3 is 12.1 Å². The zero-order valence-electron chi connectivity index (χ0n) is 7.85. The Morgan fingerprint density at radius 3 is 2.25 bits per heavy atom. The molecule has 1 rings (SSSR count). The van der Waals surface area contributed by atoms with Crippen molar-refractivity contribution in [3.8, 4) is 0 Å². The van der Waals surface area contributed by atoms with E-state index in [9.17, 15) is 22.0 Å². The van der Waals surface area contributed by atoms with Crippen molar-refractivity contribution in [1.29, 1.82) is 0 Å². The van der Waals surface area contributed by atoms with Crippen molar-refractivity contribution in [2.75, 3.05) is 0 Å². The summed E-state index contributed by atoms with van der Waals surface area (Å²) < 4.78 is 61.8. The van der Waals surface area contributed by atoms with Crippen molar-refractivity contribution in [2.24, 2.45) is 0 Å². The van der Waals surface area contributed by atoms with Crippen LogP contribution >= 0.6 is 0 Å². The Kier molecular flexibility index (Phi) is 3.17. The van der Waals surface area contributed by atoms with Crippen LogP contribution in [0.3, 0.4) is 0 Å². The van der Waals surface area contributed by atoms with E-state index >= 15 is 0 Å². The van der Waals surface area contributed by atoms with Crippen LogP contribution < -0.4 is 0 Å². The topological polar surface area (TPSA) is 4.36 Å². The Labute approximate surface area is 88.3 Å². The van der Waals surface area contributed by atoms with Gasteiger partial charge in [-0.1, -0.05) is 18.2 Å². The molecule has 0 heterocycles. The standard InChI is InChI=1S/C10H6F5N/c1-16-6-7-3-2-4-8(5-7)9(11,12)10(13,14)15/h2-5H,6H2. The quantitative estimate of drug-likeness (QED) is 0.543. The minimum atomic E-state index is -5.62. The van der Waals surface area contributed by atoms with E-state index in [1.807, 2.05) is 0 Å². The summed E-state index contributed by atoms with van der Waals surface area (Å²) in [4.78, 5) is 2.92. The second kappa shape index (κ2) is 4.08. The average Bonchev–Trinajstić information content (AvgIpc) is 2.17. The Morgan fingerprint density at radius 2 is 1.75 bits per heavy atom. The lowest BCUT2D eigenvalue weighted by molar-refractivity contribution is -0.289. The Hall–Kier alpha value is -1.64. The summed E-state index contributed by atoms with van der Waals surface area (Å²) >= 11 is 0. The number of halogens is 5. The van der Waals surface area contributed by atoms with Crippen LogP contribution in [0.4, 0.5) is 22.0 Å². The van der Waals surface area contributed by atoms with Crippen LogP contribution in [0.1, 0.15) is 11.1 Å². The summed E-state index contributed by atoms with van der Waals surface area (Å²) in [7, 11) is 0. The van der Waals surface area contributed by atoms with Gasteiger partial charge in [0.15, 0.2) is 0 Å². The summed E-state index contributed by atoms with van der Waals surface area (Å²) in [6.45, 7) is 6.28. The Morgan fingerprint density at radius 1 is 1.12 bits per heavy atom. The van der Waals surface area contributed by atoms with Gasteiger partial charge in [0.05, 0.1) is 0 Å². The van der Waals surface area contributed by atoms with Crippen LogP contribution in [0, 0.1) is 6.57 Å². The lowest BCUT2D eigenvalue weighted by Gasteiger charge is -2.19. The molecule has 0 saturated heterocycles. The second-order valence-electron chi connectivity index (χ2n) is 3.09. The molecule has 16 heavy (non-hydrogen) atoms. The fraction of sp³-hybridized carbons (Fsp3) is 0.300. The van der Waals surface area contributed by atoms with Crippen molar-refractivity contribution < 1.29 is 22.0 Å². The first-order valence-corrected chi connectivity index (χ1v) is 4.16. The largest absolute Gasteiger partial charge is 0.458 e. The smallest absolute Gasteiger partial charge is 0.312 e. The van der Waals surface area contributed by atoms with Gasteiger partial charge in [-0.15, -0.1) is 0 Å². The first kappa shape index (κ1) is 12.4. The van der Waals surface area contributed by atoms with E-state index in [1.54, 1.807) is 0 Å². The lowest BCUT2D eigenvalue weighted by atomic mass is 10.0. The SMILES string of the molecule is [C-]#[N+]Cc1cccc(C(F)(F)C(F)(F)F)c1. The molecule has 0 unspecified atom stereocenters. The van der Waals surface area contributed by atoms with Gasteiger partial charge in [-0.2, -0.15) is 22.0 Å². The zero-order chi connectivity index (χ0) is 12.4. The van der Waals surface area contributed by atoms with E-state index < -0.39 is 17.7 Å². The van der Waals surface area contributed by atoms with Gasteiger partial charge in [-0.3, -0.25) is 0 Å². The number of hydrogen-bond acceptors (Lipinski definition) is 0. The average molecular weight is 235 g/mol. The van der Waals surface area contributed by atoms with E-state index in [1.165, 1.54) is 6.07 Å². The maximum Gasteiger partial charge on any atom is 0.458 e. The van der Waals surface area contributed by atoms with Crippen LogP contribution in [0.25, 0.3) is 4.85 Å². The molecule has 0 saturated carbocycles. The molecule has 0 atom stereocenters. The summed E-state index contributed by atoms with van der Waals surface area (Å²) in [5, 5.41) is 0. The maximum absolute atomic E-state index is 12.9. The number of benzene rings is 1. The highest BCUT2D eigenvalue weighted by Crippen LogP contribution is 2.43. The molecule has 0 aliphatic heterocycles. The van der Waals surface area contributed by atoms with Crippen molar-refractivity contribution in [3.63, 3.8) is 0 Å². The molecule has 0 aliphatic rings. The van der Waals surface area contributed by atoms with Crippen molar-refractivity contribution in [1.82, 2.24) is 0 Å². The molecule has 0 spiro atoms. The zero-order valence-corrected chi connectivity index (χ0v) is 7.85. The fourth-order valence-corrected chi connectivity index (χ4v) is 1.12. The predicted octanol–water partition coefficient (Wildman–Crippen LogP) is 3.76. The van der Waals surface area contributed by atoms with E-state index in [0.717, 1.165) is 6.07 Å². The van der Waals surface area contributed by atoms with Crippen molar-refractivity contribution in [2.45, 2.75) is 18.6 Å². The van der Waals surface area contributed by atoms with Crippen LogP contribution in [0.5, 0.6) is 0 Å².